The predicted octanol–water partition coefficient (Wildman–Crippen LogP) is -1.01. The van der Waals surface area contributed by atoms with Gasteiger partial charge in [0.1, 0.15) is 0 Å². The van der Waals surface area contributed by atoms with Gasteiger partial charge in [-0.15, -0.1) is 0 Å². The molecular formula is C3H4N4O4S. The van der Waals surface area contributed by atoms with Crippen LogP contribution in [0.5, 0.6) is 0 Å². The number of nitrogens with zero attached hydrogens (tertiary/aromatic N) is 4. The SMILES string of the molecule is CS(=O)(=O)n1cnc([N+](=O)[O-])n1. The van der Waals surface area contributed by atoms with Crippen LogP contribution in [-0.2, 0) is 10.0 Å². The molecule has 12 heavy (non-hydrogen) atoms. The summed E-state index contributed by atoms with van der Waals surface area (Å²) in [6.45, 7) is 0. The van der Waals surface area contributed by atoms with Crippen molar-refractivity contribution in [1.82, 2.24) is 14.2 Å². The second-order valence-electron chi connectivity index (χ2n) is 1.94. The summed E-state index contributed by atoms with van der Waals surface area (Å²) in [4.78, 5) is 12.3. The molecule has 0 aliphatic rings. The van der Waals surface area contributed by atoms with Crippen LogP contribution in [0.1, 0.15) is 0 Å². The minimum absolute atomic E-state index is 0.436. The van der Waals surface area contributed by atoms with Gasteiger partial charge in [-0.1, -0.05) is 4.09 Å². The van der Waals surface area contributed by atoms with Gasteiger partial charge in [0.15, 0.2) is 0 Å². The van der Waals surface area contributed by atoms with Crippen molar-refractivity contribution in [2.24, 2.45) is 0 Å². The van der Waals surface area contributed by atoms with Crippen molar-refractivity contribution in [2.45, 2.75) is 0 Å². The second kappa shape index (κ2) is 2.52. The van der Waals surface area contributed by atoms with Gasteiger partial charge in [0.05, 0.1) is 6.26 Å². The lowest BCUT2D eigenvalue weighted by atomic mass is 11.1. The fourth-order valence-electron chi connectivity index (χ4n) is 0.484. The minimum atomic E-state index is -3.58. The molecule has 0 spiro atoms. The molecule has 0 saturated heterocycles. The molecule has 0 radical (unpaired) electrons. The monoisotopic (exact) mass is 192 g/mol. The maximum atomic E-state index is 10.7. The van der Waals surface area contributed by atoms with E-state index in [0.29, 0.717) is 4.09 Å². The predicted molar refractivity (Wildman–Crippen MR) is 36.9 cm³/mol. The first-order valence-corrected chi connectivity index (χ1v) is 4.52. The molecule has 8 nitrogen and oxygen atoms in total. The van der Waals surface area contributed by atoms with Crippen LogP contribution < -0.4 is 0 Å². The Hall–Kier alpha value is -1.51. The molecular weight excluding hydrogens is 188 g/mol. The van der Waals surface area contributed by atoms with Crippen LogP contribution >= 0.6 is 0 Å². The van der Waals surface area contributed by atoms with Gasteiger partial charge in [-0.2, -0.15) is 0 Å². The Kier molecular flexibility index (Phi) is 1.80. The molecule has 0 atom stereocenters. The van der Waals surface area contributed by atoms with E-state index in [1.807, 2.05) is 0 Å². The van der Waals surface area contributed by atoms with Crippen molar-refractivity contribution in [1.29, 1.82) is 0 Å². The van der Waals surface area contributed by atoms with Gasteiger partial charge in [-0.3, -0.25) is 0 Å². The highest BCUT2D eigenvalue weighted by Gasteiger charge is 2.18. The zero-order valence-corrected chi connectivity index (χ0v) is 6.72. The Balaban J connectivity index is 3.17. The lowest BCUT2D eigenvalue weighted by Gasteiger charge is -1.87. The average Bonchev–Trinajstić information content (AvgIpc) is 2.30. The van der Waals surface area contributed by atoms with Crippen molar-refractivity contribution in [3.05, 3.63) is 16.4 Å². The molecule has 0 aliphatic carbocycles. The highest BCUT2D eigenvalue weighted by molar-refractivity contribution is 7.89. The average molecular weight is 192 g/mol. The fourth-order valence-corrected chi connectivity index (χ4v) is 0.924. The third kappa shape index (κ3) is 1.56. The zero-order chi connectivity index (χ0) is 9.35. The molecule has 1 aromatic heterocycles. The third-order valence-electron chi connectivity index (χ3n) is 0.963. The number of hydrogen-bond acceptors (Lipinski definition) is 6. The van der Waals surface area contributed by atoms with E-state index < -0.39 is 20.9 Å². The molecule has 9 heteroatoms. The molecule has 0 saturated carbocycles. The molecule has 0 fully saturated rings. The normalized spacial score (nSPS) is 11.4. The molecule has 0 aliphatic heterocycles. The standard InChI is InChI=1S/C3H4N4O4S/c1-12(10,11)6-2-4-3(5-6)7(8)9/h2H,1H3. The van der Waals surface area contributed by atoms with Gasteiger partial charge in [-0.25, -0.2) is 8.42 Å². The fraction of sp³-hybridized carbons (Fsp3) is 0.333. The summed E-state index contributed by atoms with van der Waals surface area (Å²) in [6.07, 6.45) is 1.64. The Morgan fingerprint density at radius 2 is 2.25 bits per heavy atom. The van der Waals surface area contributed by atoms with Crippen molar-refractivity contribution >= 4 is 16.0 Å². The van der Waals surface area contributed by atoms with Crippen molar-refractivity contribution in [3.8, 4) is 0 Å². The molecule has 1 rings (SSSR count). The van der Waals surface area contributed by atoms with E-state index in [0.717, 1.165) is 12.6 Å². The lowest BCUT2D eigenvalue weighted by Crippen LogP contribution is -2.10. The Bertz CT molecular complexity index is 406. The van der Waals surface area contributed by atoms with Crippen LogP contribution in [0, 0.1) is 10.1 Å². The first-order chi connectivity index (χ1) is 5.41. The first kappa shape index (κ1) is 8.59. The molecule has 1 aromatic rings. The van der Waals surface area contributed by atoms with E-state index >= 15 is 0 Å². The van der Waals surface area contributed by atoms with Crippen molar-refractivity contribution in [3.63, 3.8) is 0 Å². The highest BCUT2D eigenvalue weighted by atomic mass is 32.2. The molecule has 0 amide bonds. The molecule has 0 aromatic carbocycles. The van der Waals surface area contributed by atoms with Crippen LogP contribution in [0.4, 0.5) is 5.95 Å². The number of nitro groups is 1. The van der Waals surface area contributed by atoms with E-state index in [-0.39, 0.29) is 0 Å². The van der Waals surface area contributed by atoms with E-state index in [4.69, 9.17) is 0 Å². The van der Waals surface area contributed by atoms with Crippen molar-refractivity contribution < 1.29 is 13.3 Å². The lowest BCUT2D eigenvalue weighted by molar-refractivity contribution is -0.394. The minimum Gasteiger partial charge on any atom is -0.390 e. The van der Waals surface area contributed by atoms with E-state index in [9.17, 15) is 18.5 Å². The number of rotatable bonds is 2. The second-order valence-corrected chi connectivity index (χ2v) is 3.78. The highest BCUT2D eigenvalue weighted by Crippen LogP contribution is 2.00. The van der Waals surface area contributed by atoms with Crippen LogP contribution in [-0.4, -0.2) is 33.8 Å². The van der Waals surface area contributed by atoms with Gasteiger partial charge in [0.2, 0.25) is 6.33 Å². The van der Waals surface area contributed by atoms with Gasteiger partial charge in [-0.05, 0) is 9.91 Å². The summed E-state index contributed by atoms with van der Waals surface area (Å²) in [7, 11) is -3.58. The smallest absolute Gasteiger partial charge is 0.390 e. The Morgan fingerprint density at radius 3 is 2.50 bits per heavy atom. The zero-order valence-electron chi connectivity index (χ0n) is 5.91. The Labute approximate surface area is 67.0 Å². The largest absolute Gasteiger partial charge is 0.491 e. The maximum Gasteiger partial charge on any atom is 0.491 e. The quantitative estimate of drug-likeness (QED) is 0.439. The maximum absolute atomic E-state index is 10.7. The summed E-state index contributed by atoms with van der Waals surface area (Å²) < 4.78 is 21.8. The molecule has 0 unspecified atom stereocenters. The summed E-state index contributed by atoms with van der Waals surface area (Å²) in [6, 6.07) is 0. The summed E-state index contributed by atoms with van der Waals surface area (Å²) in [5, 5.41) is 13.1. The van der Waals surface area contributed by atoms with E-state index in [1.165, 1.54) is 0 Å². The molecule has 66 valence electrons. The van der Waals surface area contributed by atoms with Gasteiger partial charge >= 0.3 is 5.95 Å². The topological polar surface area (TPSA) is 108 Å². The molecule has 0 N–H and O–H groups in total. The van der Waals surface area contributed by atoms with Crippen LogP contribution in [0.15, 0.2) is 6.33 Å². The Morgan fingerprint density at radius 1 is 1.67 bits per heavy atom. The third-order valence-corrected chi connectivity index (χ3v) is 1.82. The van der Waals surface area contributed by atoms with Gasteiger partial charge < -0.3 is 10.1 Å². The van der Waals surface area contributed by atoms with Crippen molar-refractivity contribution in [2.75, 3.05) is 6.26 Å². The molecule has 0 bridgehead atoms. The van der Waals surface area contributed by atoms with Gasteiger partial charge in [0.25, 0.3) is 10.0 Å². The van der Waals surface area contributed by atoms with E-state index in [2.05, 4.69) is 10.1 Å². The number of aromatic nitrogens is 3. The summed E-state index contributed by atoms with van der Waals surface area (Å²) in [5.41, 5.74) is 0. The summed E-state index contributed by atoms with van der Waals surface area (Å²) in [5.74, 6) is -0.736. The van der Waals surface area contributed by atoms with Crippen LogP contribution in [0.25, 0.3) is 0 Å². The van der Waals surface area contributed by atoms with E-state index in [1.54, 1.807) is 0 Å². The van der Waals surface area contributed by atoms with Crippen LogP contribution in [0.3, 0.4) is 0 Å². The first-order valence-electron chi connectivity index (χ1n) is 2.68. The summed E-state index contributed by atoms with van der Waals surface area (Å²) >= 11 is 0. The molecule has 1 heterocycles. The van der Waals surface area contributed by atoms with Crippen LogP contribution in [0.2, 0.25) is 0 Å². The number of hydrogen-bond donors (Lipinski definition) is 0. The van der Waals surface area contributed by atoms with Gasteiger partial charge in [0, 0.05) is 5.10 Å².